The van der Waals surface area contributed by atoms with E-state index in [0.717, 1.165) is 22.8 Å². The van der Waals surface area contributed by atoms with E-state index in [-0.39, 0.29) is 0 Å². The third-order valence-corrected chi connectivity index (χ3v) is 4.30. The van der Waals surface area contributed by atoms with Crippen LogP contribution in [0, 0.1) is 11.3 Å². The molecule has 1 aliphatic carbocycles. The lowest BCUT2D eigenvalue weighted by Gasteiger charge is -2.10. The third-order valence-electron chi connectivity index (χ3n) is 4.30. The van der Waals surface area contributed by atoms with Crippen molar-refractivity contribution in [2.75, 3.05) is 13.2 Å². The second kappa shape index (κ2) is 7.32. The van der Waals surface area contributed by atoms with Crippen molar-refractivity contribution in [3.8, 4) is 28.8 Å². The van der Waals surface area contributed by atoms with E-state index in [1.54, 1.807) is 24.3 Å². The van der Waals surface area contributed by atoms with Gasteiger partial charge < -0.3 is 9.47 Å². The quantitative estimate of drug-likeness (QED) is 0.602. The van der Waals surface area contributed by atoms with Gasteiger partial charge in [-0.15, -0.1) is 0 Å². The SMILES string of the molecule is N#Cc1ccc(OCCOc2cccc(-c3ccnn3C3CC3)c2)cc1. The van der Waals surface area contributed by atoms with Crippen LogP contribution in [0.3, 0.4) is 0 Å². The molecule has 1 saturated carbocycles. The maximum absolute atomic E-state index is 8.79. The summed E-state index contributed by atoms with van der Waals surface area (Å²) in [5, 5.41) is 13.2. The molecule has 0 bridgehead atoms. The van der Waals surface area contributed by atoms with Gasteiger partial charge in [0.05, 0.1) is 23.4 Å². The Hall–Kier alpha value is -3.26. The van der Waals surface area contributed by atoms with Crippen LogP contribution in [0.1, 0.15) is 24.4 Å². The van der Waals surface area contributed by atoms with Crippen molar-refractivity contribution >= 4 is 0 Å². The highest BCUT2D eigenvalue weighted by molar-refractivity contribution is 5.61. The Morgan fingerprint density at radius 1 is 1.00 bits per heavy atom. The summed E-state index contributed by atoms with van der Waals surface area (Å²) in [7, 11) is 0. The first-order chi connectivity index (χ1) is 12.8. The Kier molecular flexibility index (Phi) is 4.57. The average Bonchev–Trinajstić information content (AvgIpc) is 3.42. The van der Waals surface area contributed by atoms with Gasteiger partial charge in [-0.3, -0.25) is 4.68 Å². The Labute approximate surface area is 152 Å². The number of nitriles is 1. The van der Waals surface area contributed by atoms with Crippen LogP contribution in [0.5, 0.6) is 11.5 Å². The summed E-state index contributed by atoms with van der Waals surface area (Å²) in [4.78, 5) is 0. The Morgan fingerprint density at radius 2 is 1.77 bits per heavy atom. The largest absolute Gasteiger partial charge is 0.490 e. The fraction of sp³-hybridized carbons (Fsp3) is 0.238. The molecular formula is C21H19N3O2. The number of rotatable bonds is 7. The monoisotopic (exact) mass is 345 g/mol. The zero-order valence-corrected chi connectivity index (χ0v) is 14.3. The topological polar surface area (TPSA) is 60.1 Å². The molecule has 0 aliphatic heterocycles. The summed E-state index contributed by atoms with van der Waals surface area (Å²) in [5.41, 5.74) is 2.86. The van der Waals surface area contributed by atoms with E-state index in [1.165, 1.54) is 12.8 Å². The van der Waals surface area contributed by atoms with Crippen molar-refractivity contribution in [3.63, 3.8) is 0 Å². The second-order valence-corrected chi connectivity index (χ2v) is 6.25. The molecule has 0 N–H and O–H groups in total. The third kappa shape index (κ3) is 3.70. The predicted octanol–water partition coefficient (Wildman–Crippen LogP) is 4.21. The second-order valence-electron chi connectivity index (χ2n) is 6.25. The fourth-order valence-corrected chi connectivity index (χ4v) is 2.84. The molecule has 2 aromatic carbocycles. The van der Waals surface area contributed by atoms with Crippen molar-refractivity contribution in [2.45, 2.75) is 18.9 Å². The molecular weight excluding hydrogens is 326 g/mol. The van der Waals surface area contributed by atoms with Crippen molar-refractivity contribution in [1.29, 1.82) is 5.26 Å². The van der Waals surface area contributed by atoms with Crippen molar-refractivity contribution in [3.05, 3.63) is 66.4 Å². The van der Waals surface area contributed by atoms with E-state index in [9.17, 15) is 0 Å². The summed E-state index contributed by atoms with van der Waals surface area (Å²) in [6, 6.07) is 19.8. The molecule has 0 spiro atoms. The Morgan fingerprint density at radius 3 is 2.50 bits per heavy atom. The lowest BCUT2D eigenvalue weighted by Crippen LogP contribution is -2.09. The average molecular weight is 345 g/mol. The van der Waals surface area contributed by atoms with Crippen LogP contribution in [0.2, 0.25) is 0 Å². The molecule has 3 aromatic rings. The van der Waals surface area contributed by atoms with Gasteiger partial charge in [-0.2, -0.15) is 10.4 Å². The molecule has 0 saturated heterocycles. The first-order valence-corrected chi connectivity index (χ1v) is 8.73. The highest BCUT2D eigenvalue weighted by Crippen LogP contribution is 2.38. The number of hydrogen-bond donors (Lipinski definition) is 0. The molecule has 130 valence electrons. The van der Waals surface area contributed by atoms with Gasteiger partial charge in [-0.05, 0) is 55.3 Å². The minimum absolute atomic E-state index is 0.441. The van der Waals surface area contributed by atoms with Gasteiger partial charge in [0.15, 0.2) is 0 Å². The van der Waals surface area contributed by atoms with Gasteiger partial charge in [0.2, 0.25) is 0 Å². The first kappa shape index (κ1) is 16.2. The molecule has 26 heavy (non-hydrogen) atoms. The van der Waals surface area contributed by atoms with Gasteiger partial charge in [0, 0.05) is 11.8 Å². The van der Waals surface area contributed by atoms with Crippen LogP contribution in [0.25, 0.3) is 11.3 Å². The van der Waals surface area contributed by atoms with Crippen LogP contribution in [-0.4, -0.2) is 23.0 Å². The Balaban J connectivity index is 1.34. The molecule has 1 aliphatic rings. The molecule has 0 amide bonds. The van der Waals surface area contributed by atoms with E-state index in [2.05, 4.69) is 21.9 Å². The summed E-state index contributed by atoms with van der Waals surface area (Å²) >= 11 is 0. The number of hydrogen-bond acceptors (Lipinski definition) is 4. The zero-order chi connectivity index (χ0) is 17.8. The van der Waals surface area contributed by atoms with Gasteiger partial charge in [-0.1, -0.05) is 12.1 Å². The van der Waals surface area contributed by atoms with Gasteiger partial charge in [0.25, 0.3) is 0 Å². The smallest absolute Gasteiger partial charge is 0.122 e. The summed E-state index contributed by atoms with van der Waals surface area (Å²) in [6.45, 7) is 0.890. The minimum atomic E-state index is 0.441. The molecule has 0 atom stereocenters. The highest BCUT2D eigenvalue weighted by Gasteiger charge is 2.26. The lowest BCUT2D eigenvalue weighted by molar-refractivity contribution is 0.217. The molecule has 4 rings (SSSR count). The van der Waals surface area contributed by atoms with E-state index in [4.69, 9.17) is 14.7 Å². The standard InChI is InChI=1S/C21H19N3O2/c22-15-16-4-8-19(9-5-16)25-12-13-26-20-3-1-2-17(14-20)21-10-11-23-24(21)18-6-7-18/h1-5,8-11,14,18H,6-7,12-13H2. The summed E-state index contributed by atoms with van der Waals surface area (Å²) < 4.78 is 13.6. The van der Waals surface area contributed by atoms with Gasteiger partial charge in [-0.25, -0.2) is 0 Å². The van der Waals surface area contributed by atoms with Crippen molar-refractivity contribution in [2.24, 2.45) is 0 Å². The maximum Gasteiger partial charge on any atom is 0.122 e. The van der Waals surface area contributed by atoms with Crippen LogP contribution in [0.4, 0.5) is 0 Å². The molecule has 5 heteroatoms. The lowest BCUT2D eigenvalue weighted by atomic mass is 10.1. The van der Waals surface area contributed by atoms with Crippen LogP contribution >= 0.6 is 0 Å². The van der Waals surface area contributed by atoms with E-state index < -0.39 is 0 Å². The molecule has 1 aromatic heterocycles. The summed E-state index contributed by atoms with van der Waals surface area (Å²) in [6.07, 6.45) is 4.27. The summed E-state index contributed by atoms with van der Waals surface area (Å²) in [5.74, 6) is 1.55. The predicted molar refractivity (Wildman–Crippen MR) is 98.1 cm³/mol. The van der Waals surface area contributed by atoms with Crippen LogP contribution in [-0.2, 0) is 0 Å². The van der Waals surface area contributed by atoms with Crippen LogP contribution in [0.15, 0.2) is 60.8 Å². The van der Waals surface area contributed by atoms with E-state index in [1.807, 2.05) is 30.5 Å². The van der Waals surface area contributed by atoms with E-state index >= 15 is 0 Å². The minimum Gasteiger partial charge on any atom is -0.490 e. The van der Waals surface area contributed by atoms with Gasteiger partial charge >= 0.3 is 0 Å². The van der Waals surface area contributed by atoms with Crippen molar-refractivity contribution in [1.82, 2.24) is 9.78 Å². The number of ether oxygens (including phenoxy) is 2. The molecule has 0 unspecified atom stereocenters. The molecule has 1 fully saturated rings. The number of aromatic nitrogens is 2. The van der Waals surface area contributed by atoms with Crippen molar-refractivity contribution < 1.29 is 9.47 Å². The van der Waals surface area contributed by atoms with E-state index in [0.29, 0.717) is 24.8 Å². The van der Waals surface area contributed by atoms with Gasteiger partial charge in [0.1, 0.15) is 24.7 Å². The molecule has 1 heterocycles. The van der Waals surface area contributed by atoms with Crippen LogP contribution < -0.4 is 9.47 Å². The Bertz CT molecular complexity index is 921. The number of benzene rings is 2. The highest BCUT2D eigenvalue weighted by atomic mass is 16.5. The fourth-order valence-electron chi connectivity index (χ4n) is 2.84. The normalized spacial score (nSPS) is 13.2. The maximum atomic E-state index is 8.79. The first-order valence-electron chi connectivity index (χ1n) is 8.73. The zero-order valence-electron chi connectivity index (χ0n) is 14.3. The molecule has 5 nitrogen and oxygen atoms in total. The number of nitrogens with zero attached hydrogens (tertiary/aromatic N) is 3. The molecule has 0 radical (unpaired) electrons.